The molecule has 0 aliphatic carbocycles. The van der Waals surface area contributed by atoms with Crippen molar-refractivity contribution in [3.8, 4) is 22.4 Å². The molecule has 0 spiro atoms. The smallest absolute Gasteiger partial charge is 0.133 e. The number of rotatable bonds is 4. The fourth-order valence-electron chi connectivity index (χ4n) is 4.75. The largest absolute Gasteiger partial charge is 0.342 e. The third-order valence-electron chi connectivity index (χ3n) is 6.58. The Bertz CT molecular complexity index is 1690. The van der Waals surface area contributed by atoms with E-state index in [1.807, 2.05) is 18.2 Å². The second kappa shape index (κ2) is 7.80. The monoisotopic (exact) mass is 448 g/mol. The highest BCUT2D eigenvalue weighted by Crippen LogP contribution is 2.37. The number of nitrogens with zero attached hydrogens (tertiary/aromatic N) is 2. The summed E-state index contributed by atoms with van der Waals surface area (Å²) in [5.74, 6) is 1.83. The highest BCUT2D eigenvalue weighted by molar-refractivity contribution is 6.23. The van der Waals surface area contributed by atoms with E-state index in [1.165, 1.54) is 0 Å². The van der Waals surface area contributed by atoms with Gasteiger partial charge < -0.3 is 9.97 Å². The van der Waals surface area contributed by atoms with Gasteiger partial charge in [-0.25, -0.2) is 14.4 Å². The number of H-pyrrole nitrogens is 2. The van der Waals surface area contributed by atoms with Crippen LogP contribution in [0.4, 0.5) is 4.39 Å². The van der Waals surface area contributed by atoms with E-state index in [4.69, 9.17) is 4.98 Å². The number of aromatic nitrogens is 4. The average molecular weight is 449 g/mol. The first-order chi connectivity index (χ1) is 16.5. The molecular formula is C29H25FN4. The third kappa shape index (κ3) is 3.19. The first-order valence-corrected chi connectivity index (χ1v) is 11.7. The Balaban J connectivity index is 1.51. The number of imidazole rings is 2. The number of hydrogen-bond acceptors (Lipinski definition) is 2. The van der Waals surface area contributed by atoms with Gasteiger partial charge in [0, 0.05) is 28.7 Å². The van der Waals surface area contributed by atoms with Gasteiger partial charge >= 0.3 is 0 Å². The molecule has 5 heteroatoms. The van der Waals surface area contributed by atoms with E-state index in [2.05, 4.69) is 72.1 Å². The lowest BCUT2D eigenvalue weighted by molar-refractivity contribution is 0.631. The molecule has 6 rings (SSSR count). The molecular weight excluding hydrogens is 423 g/mol. The summed E-state index contributed by atoms with van der Waals surface area (Å²) in [6.45, 7) is 6.22. The van der Waals surface area contributed by atoms with E-state index in [0.717, 1.165) is 61.8 Å². The third-order valence-corrected chi connectivity index (χ3v) is 6.58. The van der Waals surface area contributed by atoms with Crippen molar-refractivity contribution in [1.29, 1.82) is 0 Å². The zero-order valence-electron chi connectivity index (χ0n) is 19.4. The van der Waals surface area contributed by atoms with Crippen LogP contribution in [0.15, 0.2) is 66.9 Å². The van der Waals surface area contributed by atoms with Gasteiger partial charge in [0.15, 0.2) is 0 Å². The molecule has 0 aliphatic rings. The van der Waals surface area contributed by atoms with Crippen molar-refractivity contribution in [2.75, 3.05) is 0 Å². The summed E-state index contributed by atoms with van der Waals surface area (Å²) in [4.78, 5) is 16.0. The Morgan fingerprint density at radius 2 is 1.62 bits per heavy atom. The van der Waals surface area contributed by atoms with Crippen molar-refractivity contribution >= 4 is 32.6 Å². The van der Waals surface area contributed by atoms with Crippen LogP contribution >= 0.6 is 0 Å². The van der Waals surface area contributed by atoms with Crippen molar-refractivity contribution in [3.63, 3.8) is 0 Å². The molecule has 34 heavy (non-hydrogen) atoms. The molecule has 6 aromatic rings. The van der Waals surface area contributed by atoms with Crippen LogP contribution in [0.2, 0.25) is 0 Å². The molecule has 0 aliphatic heterocycles. The molecule has 0 unspecified atom stereocenters. The molecule has 2 aromatic heterocycles. The van der Waals surface area contributed by atoms with Crippen LogP contribution in [0, 0.1) is 5.82 Å². The quantitative estimate of drug-likeness (QED) is 0.271. The van der Waals surface area contributed by atoms with Crippen molar-refractivity contribution < 1.29 is 4.39 Å². The molecule has 0 radical (unpaired) electrons. The minimum atomic E-state index is -0.266. The number of hydrogen-bond donors (Lipinski definition) is 2. The summed E-state index contributed by atoms with van der Waals surface area (Å²) in [5.41, 5.74) is 5.11. The van der Waals surface area contributed by atoms with Crippen LogP contribution in [-0.2, 0) is 6.42 Å². The van der Waals surface area contributed by atoms with Crippen molar-refractivity contribution in [2.24, 2.45) is 0 Å². The Morgan fingerprint density at radius 1 is 0.853 bits per heavy atom. The number of aryl methyl sites for hydroxylation is 1. The van der Waals surface area contributed by atoms with Crippen LogP contribution in [0.1, 0.15) is 38.3 Å². The topological polar surface area (TPSA) is 57.4 Å². The van der Waals surface area contributed by atoms with E-state index in [9.17, 15) is 0 Å². The van der Waals surface area contributed by atoms with Gasteiger partial charge in [0.2, 0.25) is 0 Å². The fourth-order valence-corrected chi connectivity index (χ4v) is 4.75. The highest BCUT2D eigenvalue weighted by Gasteiger charge is 2.15. The molecule has 0 saturated heterocycles. The SMILES string of the molecule is CCc1nc2c3ccccc3c3cc(-c4ccc(-c5cnc(C(C)C)[nH]5)c(F)c4)ccc3c2[nH]1. The lowest BCUT2D eigenvalue weighted by atomic mass is 9.95. The van der Waals surface area contributed by atoms with Gasteiger partial charge in [0.05, 0.1) is 22.9 Å². The Kier molecular flexibility index (Phi) is 4.73. The molecule has 0 saturated carbocycles. The molecule has 2 N–H and O–H groups in total. The Morgan fingerprint density at radius 3 is 2.35 bits per heavy atom. The van der Waals surface area contributed by atoms with Crippen molar-refractivity contribution in [2.45, 2.75) is 33.1 Å². The molecule has 4 nitrogen and oxygen atoms in total. The highest BCUT2D eigenvalue weighted by atomic mass is 19.1. The summed E-state index contributed by atoms with van der Waals surface area (Å²) < 4.78 is 15.2. The van der Waals surface area contributed by atoms with Crippen molar-refractivity contribution in [3.05, 3.63) is 84.3 Å². The van der Waals surface area contributed by atoms with E-state index >= 15 is 4.39 Å². The summed E-state index contributed by atoms with van der Waals surface area (Å²) in [6, 6.07) is 20.1. The molecule has 168 valence electrons. The number of aromatic amines is 2. The van der Waals surface area contributed by atoms with Crippen LogP contribution in [0.5, 0.6) is 0 Å². The zero-order chi connectivity index (χ0) is 23.4. The number of halogens is 1. The maximum absolute atomic E-state index is 15.2. The summed E-state index contributed by atoms with van der Waals surface area (Å²) in [6.07, 6.45) is 2.55. The van der Waals surface area contributed by atoms with E-state index in [-0.39, 0.29) is 11.7 Å². The lowest BCUT2D eigenvalue weighted by Crippen LogP contribution is -1.91. The maximum atomic E-state index is 15.2. The normalized spacial score (nSPS) is 11.9. The molecule has 0 atom stereocenters. The Labute approximate surface area is 196 Å². The minimum absolute atomic E-state index is 0.262. The number of fused-ring (bicyclic) bond motifs is 6. The molecule has 0 fully saturated rings. The first kappa shape index (κ1) is 20.6. The van der Waals surface area contributed by atoms with E-state index in [0.29, 0.717) is 11.3 Å². The maximum Gasteiger partial charge on any atom is 0.133 e. The molecule has 0 amide bonds. The zero-order valence-corrected chi connectivity index (χ0v) is 19.4. The number of nitrogens with one attached hydrogen (secondary N) is 2. The summed E-state index contributed by atoms with van der Waals surface area (Å²) in [7, 11) is 0. The standard InChI is InChI=1S/C29H25FN4/c1-4-26-33-27-20-8-6-5-7-19(20)23-13-17(9-11-21(23)28(27)34-26)18-10-12-22(24(30)14-18)25-15-31-29(32-25)16(2)3/h5-16H,4H2,1-3H3,(H,31,32)(H,33,34). The minimum Gasteiger partial charge on any atom is -0.342 e. The Hall–Kier alpha value is -3.99. The number of benzene rings is 4. The van der Waals surface area contributed by atoms with Crippen LogP contribution in [0.25, 0.3) is 55.0 Å². The van der Waals surface area contributed by atoms with Crippen LogP contribution < -0.4 is 0 Å². The lowest BCUT2D eigenvalue weighted by Gasteiger charge is -2.10. The van der Waals surface area contributed by atoms with Gasteiger partial charge in [0.1, 0.15) is 17.5 Å². The van der Waals surface area contributed by atoms with Gasteiger partial charge in [-0.15, -0.1) is 0 Å². The fraction of sp³-hybridized carbons (Fsp3) is 0.172. The van der Waals surface area contributed by atoms with Gasteiger partial charge in [-0.05, 0) is 40.1 Å². The average Bonchev–Trinajstić information content (AvgIpc) is 3.52. The second-order valence-electron chi connectivity index (χ2n) is 9.10. The summed E-state index contributed by atoms with van der Waals surface area (Å²) in [5, 5.41) is 4.53. The first-order valence-electron chi connectivity index (χ1n) is 11.7. The molecule has 0 bridgehead atoms. The van der Waals surface area contributed by atoms with E-state index < -0.39 is 0 Å². The molecule has 4 aromatic carbocycles. The van der Waals surface area contributed by atoms with Gasteiger partial charge in [-0.1, -0.05) is 63.2 Å². The predicted octanol–water partition coefficient (Wildman–Crippen LogP) is 7.75. The van der Waals surface area contributed by atoms with Crippen LogP contribution in [0.3, 0.4) is 0 Å². The van der Waals surface area contributed by atoms with Gasteiger partial charge in [-0.2, -0.15) is 0 Å². The van der Waals surface area contributed by atoms with Crippen LogP contribution in [-0.4, -0.2) is 19.9 Å². The van der Waals surface area contributed by atoms with Crippen molar-refractivity contribution in [1.82, 2.24) is 19.9 Å². The predicted molar refractivity (Wildman–Crippen MR) is 138 cm³/mol. The second-order valence-corrected chi connectivity index (χ2v) is 9.10. The van der Waals surface area contributed by atoms with E-state index in [1.54, 1.807) is 12.3 Å². The van der Waals surface area contributed by atoms with Gasteiger partial charge in [-0.3, -0.25) is 0 Å². The summed E-state index contributed by atoms with van der Waals surface area (Å²) >= 11 is 0. The van der Waals surface area contributed by atoms with Gasteiger partial charge in [0.25, 0.3) is 0 Å². The molecule has 2 heterocycles.